The van der Waals surface area contributed by atoms with E-state index in [1.807, 2.05) is 17.0 Å². The van der Waals surface area contributed by atoms with Gasteiger partial charge in [0.05, 0.1) is 0 Å². The van der Waals surface area contributed by atoms with E-state index in [1.54, 1.807) is 6.07 Å². The Morgan fingerprint density at radius 1 is 1.36 bits per heavy atom. The van der Waals surface area contributed by atoms with Crippen LogP contribution in [-0.4, -0.2) is 37.0 Å². The molecule has 1 atom stereocenters. The predicted molar refractivity (Wildman–Crippen MR) is 92.6 cm³/mol. The Kier molecular flexibility index (Phi) is 7.00. The quantitative estimate of drug-likeness (QED) is 0.798. The summed E-state index contributed by atoms with van der Waals surface area (Å²) in [5.41, 5.74) is 1.08. The molecule has 0 bridgehead atoms. The minimum Gasteiger partial charge on any atom is -0.342 e. The number of benzene rings is 1. The number of nitrogens with zero attached hydrogens (tertiary/aromatic N) is 1. The smallest absolute Gasteiger partial charge is 0.223 e. The number of carbonyl (C=O) groups is 1. The number of hydrogen-bond acceptors (Lipinski definition) is 2. The molecule has 2 rings (SSSR count). The first kappa shape index (κ1) is 17.6. The highest BCUT2D eigenvalue weighted by Gasteiger charge is 2.20. The normalized spacial score (nSPS) is 18.5. The molecule has 122 valence electrons. The topological polar surface area (TPSA) is 32.3 Å². The second-order valence-corrected chi connectivity index (χ2v) is 6.92. The third-order valence-electron chi connectivity index (χ3n) is 4.11. The van der Waals surface area contributed by atoms with Crippen LogP contribution in [0.5, 0.6) is 0 Å². The number of carbonyl (C=O) groups excluding carboxylic acids is 1. The molecule has 0 spiro atoms. The average molecular weight is 343 g/mol. The van der Waals surface area contributed by atoms with Crippen LogP contribution >= 0.6 is 23.2 Å². The van der Waals surface area contributed by atoms with Crippen molar-refractivity contribution in [3.8, 4) is 0 Å². The van der Waals surface area contributed by atoms with Crippen molar-refractivity contribution >= 4 is 29.1 Å². The molecule has 1 unspecified atom stereocenters. The van der Waals surface area contributed by atoms with Crippen molar-refractivity contribution in [3.05, 3.63) is 33.8 Å². The van der Waals surface area contributed by atoms with E-state index in [0.29, 0.717) is 22.4 Å². The summed E-state index contributed by atoms with van der Waals surface area (Å²) >= 11 is 12.0. The van der Waals surface area contributed by atoms with Gasteiger partial charge in [-0.1, -0.05) is 36.2 Å². The van der Waals surface area contributed by atoms with Crippen LogP contribution in [0.2, 0.25) is 10.0 Å². The maximum absolute atomic E-state index is 12.1. The highest BCUT2D eigenvalue weighted by atomic mass is 35.5. The van der Waals surface area contributed by atoms with E-state index in [1.165, 1.54) is 6.42 Å². The van der Waals surface area contributed by atoms with Crippen LogP contribution in [-0.2, 0) is 11.2 Å². The van der Waals surface area contributed by atoms with Crippen molar-refractivity contribution in [1.82, 2.24) is 10.2 Å². The Bertz CT molecular complexity index is 507. The van der Waals surface area contributed by atoms with Gasteiger partial charge >= 0.3 is 0 Å². The number of amides is 1. The van der Waals surface area contributed by atoms with E-state index in [-0.39, 0.29) is 5.91 Å². The van der Waals surface area contributed by atoms with Gasteiger partial charge in [-0.15, -0.1) is 0 Å². The Balaban J connectivity index is 1.63. The second kappa shape index (κ2) is 8.76. The van der Waals surface area contributed by atoms with Crippen LogP contribution in [0.15, 0.2) is 18.2 Å². The highest BCUT2D eigenvalue weighted by Crippen LogP contribution is 2.21. The third-order valence-corrected chi connectivity index (χ3v) is 4.70. The minimum atomic E-state index is 0.267. The van der Waals surface area contributed by atoms with Gasteiger partial charge in [-0.3, -0.25) is 4.79 Å². The Hall–Kier alpha value is -0.770. The molecule has 1 aliphatic rings. The lowest BCUT2D eigenvalue weighted by atomic mass is 10.00. The van der Waals surface area contributed by atoms with Crippen molar-refractivity contribution in [3.63, 3.8) is 0 Å². The summed E-state index contributed by atoms with van der Waals surface area (Å²) in [7, 11) is 0. The van der Waals surface area contributed by atoms with Crippen molar-refractivity contribution in [1.29, 1.82) is 0 Å². The van der Waals surface area contributed by atoms with E-state index >= 15 is 0 Å². The molecule has 1 N–H and O–H groups in total. The lowest BCUT2D eigenvalue weighted by molar-refractivity contribution is -0.132. The second-order valence-electron chi connectivity index (χ2n) is 6.07. The Morgan fingerprint density at radius 3 is 2.91 bits per heavy atom. The zero-order valence-electron chi connectivity index (χ0n) is 13.1. The molecule has 5 heteroatoms. The van der Waals surface area contributed by atoms with E-state index in [0.717, 1.165) is 44.6 Å². The number of likely N-dealkylation sites (tertiary alicyclic amines) is 1. The molecule has 1 aromatic carbocycles. The molecule has 0 radical (unpaired) electrons. The minimum absolute atomic E-state index is 0.267. The van der Waals surface area contributed by atoms with Crippen LogP contribution in [0.4, 0.5) is 0 Å². The molecule has 0 saturated carbocycles. The van der Waals surface area contributed by atoms with Crippen LogP contribution in [0.3, 0.4) is 0 Å². The molecule has 3 nitrogen and oxygen atoms in total. The van der Waals surface area contributed by atoms with Gasteiger partial charge in [0.1, 0.15) is 0 Å². The summed E-state index contributed by atoms with van der Waals surface area (Å²) in [6.07, 6.45) is 3.78. The molecule has 0 aliphatic carbocycles. The summed E-state index contributed by atoms with van der Waals surface area (Å²) in [6, 6.07) is 5.57. The summed E-state index contributed by atoms with van der Waals surface area (Å²) in [6.45, 7) is 5.58. The van der Waals surface area contributed by atoms with E-state index in [9.17, 15) is 4.79 Å². The fourth-order valence-corrected chi connectivity index (χ4v) is 3.34. The van der Waals surface area contributed by atoms with Gasteiger partial charge in [-0.05, 0) is 49.4 Å². The molecular formula is C17H24Cl2N2O. The summed E-state index contributed by atoms with van der Waals surface area (Å²) < 4.78 is 0. The zero-order chi connectivity index (χ0) is 15.9. The number of halogens is 2. The SMILES string of the molecule is CC1CCCN(C(=O)CCNCCc2ccc(Cl)cc2Cl)C1. The molecule has 1 heterocycles. The molecule has 1 fully saturated rings. The highest BCUT2D eigenvalue weighted by molar-refractivity contribution is 6.35. The fourth-order valence-electron chi connectivity index (χ4n) is 2.84. The van der Waals surface area contributed by atoms with Crippen LogP contribution in [0, 0.1) is 5.92 Å². The van der Waals surface area contributed by atoms with Crippen molar-refractivity contribution < 1.29 is 4.79 Å². The van der Waals surface area contributed by atoms with E-state index < -0.39 is 0 Å². The number of nitrogens with one attached hydrogen (secondary N) is 1. The van der Waals surface area contributed by atoms with Crippen LogP contribution < -0.4 is 5.32 Å². The van der Waals surface area contributed by atoms with Crippen molar-refractivity contribution in [2.75, 3.05) is 26.2 Å². The average Bonchev–Trinajstić information content (AvgIpc) is 2.48. The first-order valence-corrected chi connectivity index (χ1v) is 8.74. The van der Waals surface area contributed by atoms with Gasteiger partial charge in [-0.25, -0.2) is 0 Å². The first-order valence-electron chi connectivity index (χ1n) is 7.98. The van der Waals surface area contributed by atoms with Gasteiger partial charge in [0.25, 0.3) is 0 Å². The van der Waals surface area contributed by atoms with Crippen LogP contribution in [0.1, 0.15) is 31.7 Å². The van der Waals surface area contributed by atoms with Gasteiger partial charge in [-0.2, -0.15) is 0 Å². The predicted octanol–water partition coefficient (Wildman–Crippen LogP) is 3.77. The number of piperidine rings is 1. The summed E-state index contributed by atoms with van der Waals surface area (Å²) in [5, 5.41) is 4.67. The molecule has 1 amide bonds. The van der Waals surface area contributed by atoms with Gasteiger partial charge in [0.2, 0.25) is 5.91 Å². The summed E-state index contributed by atoms with van der Waals surface area (Å²) in [4.78, 5) is 14.1. The largest absolute Gasteiger partial charge is 0.342 e. The monoisotopic (exact) mass is 342 g/mol. The lowest BCUT2D eigenvalue weighted by Gasteiger charge is -2.31. The Labute approximate surface area is 143 Å². The third kappa shape index (κ3) is 5.45. The lowest BCUT2D eigenvalue weighted by Crippen LogP contribution is -2.40. The molecule has 1 aromatic rings. The van der Waals surface area contributed by atoms with E-state index in [2.05, 4.69) is 12.2 Å². The molecule has 1 aliphatic heterocycles. The van der Waals surface area contributed by atoms with Gasteiger partial charge in [0, 0.05) is 36.1 Å². The maximum Gasteiger partial charge on any atom is 0.223 e. The van der Waals surface area contributed by atoms with E-state index in [4.69, 9.17) is 23.2 Å². The van der Waals surface area contributed by atoms with Crippen molar-refractivity contribution in [2.24, 2.45) is 5.92 Å². The molecule has 1 saturated heterocycles. The summed E-state index contributed by atoms with van der Waals surface area (Å²) in [5.74, 6) is 0.904. The zero-order valence-corrected chi connectivity index (χ0v) is 14.6. The number of rotatable bonds is 6. The standard InChI is InChI=1S/C17H24Cl2N2O/c1-13-3-2-10-21(12-13)17(22)7-9-20-8-6-14-4-5-15(18)11-16(14)19/h4-5,11,13,20H,2-3,6-10,12H2,1H3. The molecule has 0 aromatic heterocycles. The molecular weight excluding hydrogens is 319 g/mol. The maximum atomic E-state index is 12.1. The van der Waals surface area contributed by atoms with Gasteiger partial charge < -0.3 is 10.2 Å². The fraction of sp³-hybridized carbons (Fsp3) is 0.588. The first-order chi connectivity index (χ1) is 10.6. The molecule has 22 heavy (non-hydrogen) atoms. The van der Waals surface area contributed by atoms with Crippen molar-refractivity contribution in [2.45, 2.75) is 32.6 Å². The van der Waals surface area contributed by atoms with Crippen LogP contribution in [0.25, 0.3) is 0 Å². The Morgan fingerprint density at radius 2 is 2.18 bits per heavy atom. The van der Waals surface area contributed by atoms with Gasteiger partial charge in [0.15, 0.2) is 0 Å². The number of hydrogen-bond donors (Lipinski definition) is 1.